The Balaban J connectivity index is 0.00000289. The number of carbonyl (C=O) groups excluding carboxylic acids is 1. The van der Waals surface area contributed by atoms with Gasteiger partial charge in [-0.05, 0) is 12.1 Å². The van der Waals surface area contributed by atoms with E-state index in [4.69, 9.17) is 5.73 Å². The second-order valence-electron chi connectivity index (χ2n) is 3.16. The van der Waals surface area contributed by atoms with Crippen molar-refractivity contribution < 1.29 is 4.79 Å². The number of hydrogen-bond acceptors (Lipinski definition) is 3. The molecule has 0 aromatic carbocycles. The van der Waals surface area contributed by atoms with Gasteiger partial charge in [-0.1, -0.05) is 6.08 Å². The number of anilines is 1. The summed E-state index contributed by atoms with van der Waals surface area (Å²) in [6.45, 7) is 4.00. The molecular formula is C11H16IN5O. The first-order chi connectivity index (χ1) is 8.22. The highest BCUT2D eigenvalue weighted by Gasteiger charge is 2.00. The van der Waals surface area contributed by atoms with Crippen LogP contribution in [0.2, 0.25) is 0 Å². The van der Waals surface area contributed by atoms with Crippen LogP contribution < -0.4 is 16.4 Å². The molecule has 0 spiro atoms. The van der Waals surface area contributed by atoms with Crippen LogP contribution in [0.5, 0.6) is 0 Å². The molecule has 0 aliphatic rings. The third-order valence-electron chi connectivity index (χ3n) is 1.77. The van der Waals surface area contributed by atoms with Gasteiger partial charge in [-0.3, -0.25) is 9.78 Å². The molecule has 6 nitrogen and oxygen atoms in total. The van der Waals surface area contributed by atoms with Crippen LogP contribution in [0.25, 0.3) is 0 Å². The van der Waals surface area contributed by atoms with Crippen LogP contribution in [-0.2, 0) is 4.79 Å². The molecule has 1 heterocycles. The molecule has 0 atom stereocenters. The van der Waals surface area contributed by atoms with E-state index < -0.39 is 0 Å². The molecule has 1 aromatic heterocycles. The molecule has 0 aliphatic carbocycles. The quantitative estimate of drug-likeness (QED) is 0.312. The molecule has 4 N–H and O–H groups in total. The predicted octanol–water partition coefficient (Wildman–Crippen LogP) is 0.728. The Labute approximate surface area is 123 Å². The van der Waals surface area contributed by atoms with E-state index in [0.29, 0.717) is 12.2 Å². The van der Waals surface area contributed by atoms with E-state index in [1.54, 1.807) is 30.6 Å². The zero-order chi connectivity index (χ0) is 12.5. The maximum absolute atomic E-state index is 11.4. The minimum absolute atomic E-state index is 0. The Morgan fingerprint density at radius 2 is 2.39 bits per heavy atom. The fourth-order valence-corrected chi connectivity index (χ4v) is 1.03. The summed E-state index contributed by atoms with van der Waals surface area (Å²) in [6, 6.07) is 3.48. The van der Waals surface area contributed by atoms with E-state index in [9.17, 15) is 4.79 Å². The number of amides is 1. The molecule has 0 radical (unpaired) electrons. The first kappa shape index (κ1) is 16.4. The number of rotatable bonds is 5. The number of hydrogen-bond donors (Lipinski definition) is 3. The molecule has 98 valence electrons. The Morgan fingerprint density at radius 3 is 3.00 bits per heavy atom. The average molecular weight is 361 g/mol. The monoisotopic (exact) mass is 361 g/mol. The van der Waals surface area contributed by atoms with Gasteiger partial charge in [-0.15, -0.1) is 30.6 Å². The van der Waals surface area contributed by atoms with Crippen LogP contribution in [-0.4, -0.2) is 29.9 Å². The lowest BCUT2D eigenvalue weighted by Gasteiger charge is -2.03. The zero-order valence-electron chi connectivity index (χ0n) is 9.80. The predicted molar refractivity (Wildman–Crippen MR) is 83.0 cm³/mol. The fraction of sp³-hybridized carbons (Fsp3) is 0.182. The van der Waals surface area contributed by atoms with Crippen molar-refractivity contribution in [3.63, 3.8) is 0 Å². The van der Waals surface area contributed by atoms with Gasteiger partial charge in [-0.25, -0.2) is 4.99 Å². The van der Waals surface area contributed by atoms with Crippen LogP contribution in [0, 0.1) is 0 Å². The Morgan fingerprint density at radius 1 is 1.61 bits per heavy atom. The van der Waals surface area contributed by atoms with E-state index in [1.807, 2.05) is 0 Å². The van der Waals surface area contributed by atoms with Gasteiger partial charge in [-0.2, -0.15) is 0 Å². The first-order valence-electron chi connectivity index (χ1n) is 5.07. The van der Waals surface area contributed by atoms with Gasteiger partial charge < -0.3 is 16.4 Å². The van der Waals surface area contributed by atoms with Gasteiger partial charge in [0.2, 0.25) is 5.91 Å². The van der Waals surface area contributed by atoms with Crippen molar-refractivity contribution in [1.82, 2.24) is 10.3 Å². The van der Waals surface area contributed by atoms with Crippen molar-refractivity contribution in [3.05, 3.63) is 37.2 Å². The van der Waals surface area contributed by atoms with Crippen LogP contribution in [0.1, 0.15) is 0 Å². The summed E-state index contributed by atoms with van der Waals surface area (Å²) in [5, 5.41) is 5.41. The Kier molecular flexibility index (Phi) is 8.54. The average Bonchev–Trinajstić information content (AvgIpc) is 2.35. The second kappa shape index (κ2) is 9.40. The number of nitrogens with one attached hydrogen (secondary N) is 2. The van der Waals surface area contributed by atoms with E-state index in [-0.39, 0.29) is 42.4 Å². The van der Waals surface area contributed by atoms with E-state index >= 15 is 0 Å². The maximum Gasteiger partial charge on any atom is 0.246 e. The molecule has 0 bridgehead atoms. The highest BCUT2D eigenvalue weighted by Crippen LogP contribution is 2.01. The number of halogens is 1. The maximum atomic E-state index is 11.4. The lowest BCUT2D eigenvalue weighted by Crippen LogP contribution is -2.32. The molecule has 18 heavy (non-hydrogen) atoms. The summed E-state index contributed by atoms with van der Waals surface area (Å²) < 4.78 is 0. The molecule has 1 aromatic rings. The number of pyridine rings is 1. The third kappa shape index (κ3) is 6.84. The number of nitrogens with two attached hydrogens (primary N) is 1. The topological polar surface area (TPSA) is 92.4 Å². The Hall–Kier alpha value is -1.64. The summed E-state index contributed by atoms with van der Waals surface area (Å²) in [4.78, 5) is 19.2. The van der Waals surface area contributed by atoms with Crippen molar-refractivity contribution in [2.75, 3.05) is 18.4 Å². The summed E-state index contributed by atoms with van der Waals surface area (Å²) in [5.74, 6) is -0.0346. The summed E-state index contributed by atoms with van der Waals surface area (Å²) in [6.07, 6.45) is 4.84. The molecular weight excluding hydrogens is 345 g/mol. The zero-order valence-corrected chi connectivity index (χ0v) is 12.1. The van der Waals surface area contributed by atoms with Crippen molar-refractivity contribution >= 4 is 41.5 Å². The SMILES string of the molecule is C=CCNC(N)=NCC(=O)Nc1cccnc1.I. The van der Waals surface area contributed by atoms with Gasteiger partial charge in [0, 0.05) is 12.7 Å². The number of carbonyl (C=O) groups is 1. The van der Waals surface area contributed by atoms with Crippen LogP contribution >= 0.6 is 24.0 Å². The molecule has 0 saturated carbocycles. The molecule has 0 aliphatic heterocycles. The van der Waals surface area contributed by atoms with Crippen molar-refractivity contribution in [2.24, 2.45) is 10.7 Å². The van der Waals surface area contributed by atoms with Crippen molar-refractivity contribution in [3.8, 4) is 0 Å². The molecule has 1 amide bonds. The van der Waals surface area contributed by atoms with Gasteiger partial charge in [0.1, 0.15) is 6.54 Å². The highest BCUT2D eigenvalue weighted by molar-refractivity contribution is 14.0. The lowest BCUT2D eigenvalue weighted by atomic mass is 10.4. The second-order valence-corrected chi connectivity index (χ2v) is 3.16. The highest BCUT2D eigenvalue weighted by atomic mass is 127. The fourth-order valence-electron chi connectivity index (χ4n) is 1.03. The smallest absolute Gasteiger partial charge is 0.246 e. The Bertz CT molecular complexity index is 407. The van der Waals surface area contributed by atoms with E-state index in [1.165, 1.54) is 0 Å². The van der Waals surface area contributed by atoms with Gasteiger partial charge >= 0.3 is 0 Å². The van der Waals surface area contributed by atoms with Gasteiger partial charge in [0.15, 0.2) is 5.96 Å². The molecule has 7 heteroatoms. The van der Waals surface area contributed by atoms with Gasteiger partial charge in [0.25, 0.3) is 0 Å². The summed E-state index contributed by atoms with van der Waals surface area (Å²) in [7, 11) is 0. The third-order valence-corrected chi connectivity index (χ3v) is 1.77. The molecule has 0 saturated heterocycles. The van der Waals surface area contributed by atoms with E-state index in [2.05, 4.69) is 27.2 Å². The number of aromatic nitrogens is 1. The normalized spacial score (nSPS) is 10.1. The summed E-state index contributed by atoms with van der Waals surface area (Å²) in [5.41, 5.74) is 6.13. The van der Waals surface area contributed by atoms with Gasteiger partial charge in [0.05, 0.1) is 11.9 Å². The lowest BCUT2D eigenvalue weighted by molar-refractivity contribution is -0.114. The van der Waals surface area contributed by atoms with E-state index in [0.717, 1.165) is 0 Å². The first-order valence-corrected chi connectivity index (χ1v) is 5.07. The van der Waals surface area contributed by atoms with Crippen LogP contribution in [0.15, 0.2) is 42.2 Å². The minimum atomic E-state index is -0.249. The van der Waals surface area contributed by atoms with Crippen LogP contribution in [0.3, 0.4) is 0 Å². The standard InChI is InChI=1S/C11H15N5O.HI/c1-2-5-14-11(12)15-8-10(17)16-9-4-3-6-13-7-9;/h2-4,6-7H,1,5,8H2,(H,16,17)(H3,12,14,15);1H. The molecule has 0 fully saturated rings. The molecule has 1 rings (SSSR count). The number of guanidine groups is 1. The number of nitrogens with zero attached hydrogens (tertiary/aromatic N) is 2. The largest absolute Gasteiger partial charge is 0.370 e. The number of aliphatic imine (C=N–C) groups is 1. The summed E-state index contributed by atoms with van der Waals surface area (Å²) >= 11 is 0. The van der Waals surface area contributed by atoms with Crippen molar-refractivity contribution in [1.29, 1.82) is 0 Å². The minimum Gasteiger partial charge on any atom is -0.370 e. The molecule has 0 unspecified atom stereocenters. The van der Waals surface area contributed by atoms with Crippen LogP contribution in [0.4, 0.5) is 5.69 Å². The van der Waals surface area contributed by atoms with Crippen molar-refractivity contribution in [2.45, 2.75) is 0 Å².